The van der Waals surface area contributed by atoms with E-state index in [4.69, 9.17) is 9.47 Å². The summed E-state index contributed by atoms with van der Waals surface area (Å²) in [5.74, 6) is 1.58. The number of carbonyl (C=O) groups is 2. The SMILES string of the molecule is O=C1C2Cc3c(n(-c4ccc5c(c4)OCO5)c4ccccc34)CN2C(=O)CN1CCN1CCCCC1. The summed E-state index contributed by atoms with van der Waals surface area (Å²) in [4.78, 5) is 32.9. The molecule has 36 heavy (non-hydrogen) atoms. The third-order valence-corrected chi connectivity index (χ3v) is 8.17. The van der Waals surface area contributed by atoms with E-state index in [1.807, 2.05) is 30.3 Å². The summed E-state index contributed by atoms with van der Waals surface area (Å²) < 4.78 is 13.4. The Morgan fingerprint density at radius 3 is 2.61 bits per heavy atom. The molecule has 0 aliphatic carbocycles. The van der Waals surface area contributed by atoms with Crippen LogP contribution in [-0.4, -0.2) is 76.6 Å². The third kappa shape index (κ3) is 3.46. The van der Waals surface area contributed by atoms with Crippen LogP contribution in [0.1, 0.15) is 30.5 Å². The minimum absolute atomic E-state index is 0.0337. The number of benzene rings is 2. The first-order chi connectivity index (χ1) is 17.7. The number of fused-ring (bicyclic) bond motifs is 5. The summed E-state index contributed by atoms with van der Waals surface area (Å²) in [6.07, 6.45) is 4.27. The molecule has 0 radical (unpaired) electrons. The van der Waals surface area contributed by atoms with Gasteiger partial charge in [-0.2, -0.15) is 0 Å². The van der Waals surface area contributed by atoms with Crippen molar-refractivity contribution in [2.45, 2.75) is 38.3 Å². The van der Waals surface area contributed by atoms with Gasteiger partial charge in [-0.05, 0) is 49.7 Å². The van der Waals surface area contributed by atoms with Crippen molar-refractivity contribution in [2.24, 2.45) is 0 Å². The number of hydrogen-bond acceptors (Lipinski definition) is 5. The molecule has 8 nitrogen and oxygen atoms in total. The summed E-state index contributed by atoms with van der Waals surface area (Å²) in [5.41, 5.74) is 4.26. The Morgan fingerprint density at radius 2 is 1.72 bits per heavy atom. The van der Waals surface area contributed by atoms with Crippen molar-refractivity contribution in [2.75, 3.05) is 39.5 Å². The van der Waals surface area contributed by atoms with E-state index in [0.29, 0.717) is 19.5 Å². The lowest BCUT2D eigenvalue weighted by Crippen LogP contribution is -2.62. The molecule has 2 amide bonds. The summed E-state index contributed by atoms with van der Waals surface area (Å²) >= 11 is 0. The summed E-state index contributed by atoms with van der Waals surface area (Å²) in [7, 11) is 0. The van der Waals surface area contributed by atoms with Crippen molar-refractivity contribution in [1.29, 1.82) is 0 Å². The van der Waals surface area contributed by atoms with E-state index < -0.39 is 6.04 Å². The number of amides is 2. The molecule has 1 atom stereocenters. The highest BCUT2D eigenvalue weighted by atomic mass is 16.7. The minimum Gasteiger partial charge on any atom is -0.454 e. The molecule has 0 N–H and O–H groups in total. The van der Waals surface area contributed by atoms with Crippen LogP contribution < -0.4 is 9.47 Å². The Hall–Kier alpha value is -3.52. The highest BCUT2D eigenvalue weighted by Gasteiger charge is 2.43. The number of piperidine rings is 1. The van der Waals surface area contributed by atoms with E-state index in [0.717, 1.165) is 59.0 Å². The number of rotatable bonds is 4. The number of likely N-dealkylation sites (tertiary alicyclic amines) is 1. The minimum atomic E-state index is -0.434. The fraction of sp³-hybridized carbons (Fsp3) is 0.429. The van der Waals surface area contributed by atoms with Gasteiger partial charge < -0.3 is 28.7 Å². The number of para-hydroxylation sites is 1. The van der Waals surface area contributed by atoms with Crippen LogP contribution in [-0.2, 0) is 22.6 Å². The number of ether oxygens (including phenoxy) is 2. The predicted molar refractivity (Wildman–Crippen MR) is 134 cm³/mol. The van der Waals surface area contributed by atoms with Crippen LogP contribution in [0.15, 0.2) is 42.5 Å². The van der Waals surface area contributed by atoms with Gasteiger partial charge in [-0.3, -0.25) is 9.59 Å². The summed E-state index contributed by atoms with van der Waals surface area (Å²) in [6, 6.07) is 13.8. The Kier molecular flexibility index (Phi) is 5.16. The molecule has 3 aromatic rings. The number of piperazine rings is 1. The maximum Gasteiger partial charge on any atom is 0.246 e. The Labute approximate surface area is 210 Å². The van der Waals surface area contributed by atoms with Crippen LogP contribution in [0.4, 0.5) is 0 Å². The van der Waals surface area contributed by atoms with Crippen LogP contribution in [0.5, 0.6) is 11.5 Å². The van der Waals surface area contributed by atoms with Crippen molar-refractivity contribution < 1.29 is 19.1 Å². The molecule has 4 aliphatic rings. The summed E-state index contributed by atoms with van der Waals surface area (Å²) in [5, 5.41) is 1.13. The first kappa shape index (κ1) is 21.7. The van der Waals surface area contributed by atoms with E-state index in [2.05, 4.69) is 21.6 Å². The fourth-order valence-corrected chi connectivity index (χ4v) is 6.31. The molecule has 186 valence electrons. The Morgan fingerprint density at radius 1 is 0.889 bits per heavy atom. The Balaban J connectivity index is 1.22. The van der Waals surface area contributed by atoms with Crippen LogP contribution in [0.25, 0.3) is 16.6 Å². The molecule has 2 fully saturated rings. The number of aromatic nitrogens is 1. The molecule has 7 rings (SSSR count). The van der Waals surface area contributed by atoms with E-state index in [1.165, 1.54) is 19.3 Å². The van der Waals surface area contributed by atoms with Crippen molar-refractivity contribution in [3.63, 3.8) is 0 Å². The van der Waals surface area contributed by atoms with E-state index in [-0.39, 0.29) is 25.2 Å². The zero-order valence-corrected chi connectivity index (χ0v) is 20.3. The zero-order valence-electron chi connectivity index (χ0n) is 20.3. The second-order valence-electron chi connectivity index (χ2n) is 10.2. The van der Waals surface area contributed by atoms with E-state index in [9.17, 15) is 9.59 Å². The lowest BCUT2D eigenvalue weighted by Gasteiger charge is -2.43. The third-order valence-electron chi connectivity index (χ3n) is 8.17. The van der Waals surface area contributed by atoms with Gasteiger partial charge in [0, 0.05) is 42.3 Å². The molecule has 5 heterocycles. The van der Waals surface area contributed by atoms with Crippen molar-refractivity contribution >= 4 is 22.7 Å². The van der Waals surface area contributed by atoms with Gasteiger partial charge in [-0.25, -0.2) is 0 Å². The smallest absolute Gasteiger partial charge is 0.246 e. The number of carbonyl (C=O) groups excluding carboxylic acids is 2. The van der Waals surface area contributed by atoms with Gasteiger partial charge in [0.15, 0.2) is 11.5 Å². The lowest BCUT2D eigenvalue weighted by atomic mass is 9.94. The molecule has 2 aromatic carbocycles. The van der Waals surface area contributed by atoms with E-state index in [1.54, 1.807) is 9.80 Å². The topological polar surface area (TPSA) is 67.2 Å². The zero-order chi connectivity index (χ0) is 24.2. The molecule has 0 bridgehead atoms. The van der Waals surface area contributed by atoms with E-state index >= 15 is 0 Å². The normalized spacial score (nSPS) is 21.7. The molecule has 0 spiro atoms. The monoisotopic (exact) mass is 486 g/mol. The number of hydrogen-bond donors (Lipinski definition) is 0. The summed E-state index contributed by atoms with van der Waals surface area (Å²) in [6.45, 7) is 4.48. The first-order valence-electron chi connectivity index (χ1n) is 13.0. The second-order valence-corrected chi connectivity index (χ2v) is 10.2. The van der Waals surface area contributed by atoms with Gasteiger partial charge in [0.05, 0.1) is 18.6 Å². The lowest BCUT2D eigenvalue weighted by molar-refractivity contribution is -0.157. The van der Waals surface area contributed by atoms with Crippen molar-refractivity contribution in [3.8, 4) is 17.2 Å². The average molecular weight is 487 g/mol. The quantitative estimate of drug-likeness (QED) is 0.567. The molecular formula is C28H30N4O4. The Bertz CT molecular complexity index is 1360. The first-order valence-corrected chi connectivity index (χ1v) is 13.0. The van der Waals surface area contributed by atoms with Crippen LogP contribution in [0, 0.1) is 0 Å². The standard InChI is InChI=1S/C28H30N4O4/c33-27-17-30(13-12-29-10-4-1-5-11-29)28(34)23-15-21-20-6-2-3-7-22(20)32(24(21)16-31(23)27)19-8-9-25-26(14-19)36-18-35-25/h2-3,6-9,14,23H,1,4-5,10-13,15-18H2. The van der Waals surface area contributed by atoms with Crippen LogP contribution in [0.3, 0.4) is 0 Å². The maximum absolute atomic E-state index is 13.6. The molecular weight excluding hydrogens is 456 g/mol. The predicted octanol–water partition coefficient (Wildman–Crippen LogP) is 2.94. The second kappa shape index (κ2) is 8.55. The van der Waals surface area contributed by atoms with Gasteiger partial charge in [0.2, 0.25) is 18.6 Å². The molecule has 1 unspecified atom stereocenters. The molecule has 1 aromatic heterocycles. The highest BCUT2D eigenvalue weighted by molar-refractivity contribution is 5.97. The van der Waals surface area contributed by atoms with Gasteiger partial charge in [-0.1, -0.05) is 24.6 Å². The van der Waals surface area contributed by atoms with Crippen molar-refractivity contribution in [1.82, 2.24) is 19.3 Å². The van der Waals surface area contributed by atoms with Gasteiger partial charge >= 0.3 is 0 Å². The fourth-order valence-electron chi connectivity index (χ4n) is 6.31. The van der Waals surface area contributed by atoms with Crippen molar-refractivity contribution in [3.05, 3.63) is 53.7 Å². The van der Waals surface area contributed by atoms with Crippen LogP contribution >= 0.6 is 0 Å². The van der Waals surface area contributed by atoms with Gasteiger partial charge in [0.25, 0.3) is 0 Å². The number of nitrogens with zero attached hydrogens (tertiary/aromatic N) is 4. The van der Waals surface area contributed by atoms with Crippen LogP contribution in [0.2, 0.25) is 0 Å². The molecule has 4 aliphatic heterocycles. The molecule has 8 heteroatoms. The van der Waals surface area contributed by atoms with Gasteiger partial charge in [-0.15, -0.1) is 0 Å². The average Bonchev–Trinajstić information content (AvgIpc) is 3.51. The maximum atomic E-state index is 13.6. The molecule has 0 saturated carbocycles. The largest absolute Gasteiger partial charge is 0.454 e. The highest BCUT2D eigenvalue weighted by Crippen LogP contribution is 2.39. The van der Waals surface area contributed by atoms with Gasteiger partial charge in [0.1, 0.15) is 6.04 Å². The molecule has 2 saturated heterocycles.